The number of nitrogens with zero attached hydrogens (tertiary/aromatic N) is 1. The van der Waals surface area contributed by atoms with Crippen molar-refractivity contribution < 1.29 is 9.59 Å². The number of hydrogen-bond acceptors (Lipinski definition) is 3. The second kappa shape index (κ2) is 8.83. The van der Waals surface area contributed by atoms with E-state index < -0.39 is 0 Å². The number of rotatable bonds is 7. The van der Waals surface area contributed by atoms with E-state index >= 15 is 0 Å². The lowest BCUT2D eigenvalue weighted by atomic mass is 9.96. The third kappa shape index (κ3) is 5.34. The number of nitrogens with two attached hydrogens (primary N) is 1. The molecular formula is C19H29N3O2. The molecule has 1 aromatic rings. The first-order chi connectivity index (χ1) is 11.5. The summed E-state index contributed by atoms with van der Waals surface area (Å²) in [7, 11) is 0. The van der Waals surface area contributed by atoms with Crippen molar-refractivity contribution in [1.29, 1.82) is 0 Å². The number of carbonyl (C=O) groups excluding carboxylic acids is 2. The lowest BCUT2D eigenvalue weighted by molar-refractivity contribution is -0.123. The minimum absolute atomic E-state index is 0.0352. The van der Waals surface area contributed by atoms with Gasteiger partial charge in [0.15, 0.2) is 0 Å². The van der Waals surface area contributed by atoms with Gasteiger partial charge in [-0.05, 0) is 56.5 Å². The molecule has 0 aliphatic carbocycles. The van der Waals surface area contributed by atoms with Gasteiger partial charge in [0.2, 0.25) is 11.8 Å². The highest BCUT2D eigenvalue weighted by molar-refractivity contribution is 5.92. The Morgan fingerprint density at radius 2 is 1.88 bits per heavy atom. The Labute approximate surface area is 144 Å². The van der Waals surface area contributed by atoms with Crippen molar-refractivity contribution in [3.05, 3.63) is 29.8 Å². The number of hydrogen-bond donors (Lipinski definition) is 2. The van der Waals surface area contributed by atoms with Gasteiger partial charge in [0.25, 0.3) is 0 Å². The van der Waals surface area contributed by atoms with Gasteiger partial charge >= 0.3 is 0 Å². The van der Waals surface area contributed by atoms with Crippen molar-refractivity contribution in [2.45, 2.75) is 39.5 Å². The molecule has 1 saturated heterocycles. The monoisotopic (exact) mass is 331 g/mol. The molecule has 1 atom stereocenters. The summed E-state index contributed by atoms with van der Waals surface area (Å²) in [5, 5.41) is 2.95. The molecule has 24 heavy (non-hydrogen) atoms. The Hall–Kier alpha value is -1.88. The van der Waals surface area contributed by atoms with Crippen molar-refractivity contribution in [3.8, 4) is 0 Å². The van der Waals surface area contributed by atoms with Crippen LogP contribution in [0.3, 0.4) is 0 Å². The summed E-state index contributed by atoms with van der Waals surface area (Å²) >= 11 is 0. The van der Waals surface area contributed by atoms with Crippen LogP contribution < -0.4 is 11.1 Å². The average molecular weight is 331 g/mol. The van der Waals surface area contributed by atoms with Crippen molar-refractivity contribution in [3.63, 3.8) is 0 Å². The maximum Gasteiger partial charge on any atom is 0.227 e. The molecule has 2 amide bonds. The van der Waals surface area contributed by atoms with Crippen LogP contribution in [-0.2, 0) is 16.0 Å². The van der Waals surface area contributed by atoms with Gasteiger partial charge in [-0.1, -0.05) is 26.0 Å². The van der Waals surface area contributed by atoms with Gasteiger partial charge in [0.05, 0.1) is 0 Å². The predicted molar refractivity (Wildman–Crippen MR) is 96.6 cm³/mol. The molecule has 132 valence electrons. The Morgan fingerprint density at radius 3 is 2.42 bits per heavy atom. The minimum Gasteiger partial charge on any atom is -0.369 e. The first-order valence-corrected chi connectivity index (χ1v) is 8.91. The molecule has 2 rings (SSSR count). The maximum atomic E-state index is 11.9. The number of anilines is 1. The molecule has 1 aliphatic heterocycles. The van der Waals surface area contributed by atoms with Crippen LogP contribution in [0.4, 0.5) is 5.69 Å². The molecule has 3 N–H and O–H groups in total. The molecular weight excluding hydrogens is 302 g/mol. The SMILES string of the molecule is CCC(C)C(=O)Nc1ccc(CCN2CCC(C(N)=O)CC2)cc1. The van der Waals surface area contributed by atoms with Crippen molar-refractivity contribution >= 4 is 17.5 Å². The summed E-state index contributed by atoms with van der Waals surface area (Å²) in [5.74, 6) is -0.00471. The van der Waals surface area contributed by atoms with E-state index in [0.717, 1.165) is 51.0 Å². The lowest BCUT2D eigenvalue weighted by Crippen LogP contribution is -2.39. The predicted octanol–water partition coefficient (Wildman–Crippen LogP) is 2.41. The molecule has 0 saturated carbocycles. The van der Waals surface area contributed by atoms with Gasteiger partial charge < -0.3 is 16.0 Å². The van der Waals surface area contributed by atoms with Crippen LogP contribution in [0.25, 0.3) is 0 Å². The summed E-state index contributed by atoms with van der Waals surface area (Å²) in [4.78, 5) is 25.5. The summed E-state index contributed by atoms with van der Waals surface area (Å²) in [6, 6.07) is 8.08. The molecule has 0 bridgehead atoms. The zero-order valence-corrected chi connectivity index (χ0v) is 14.8. The Bertz CT molecular complexity index is 548. The van der Waals surface area contributed by atoms with Crippen molar-refractivity contribution in [1.82, 2.24) is 4.90 Å². The van der Waals surface area contributed by atoms with Crippen LogP contribution in [0.5, 0.6) is 0 Å². The normalized spacial score (nSPS) is 17.4. The fourth-order valence-corrected chi connectivity index (χ4v) is 2.93. The van der Waals surface area contributed by atoms with Gasteiger partial charge in [-0.3, -0.25) is 9.59 Å². The molecule has 1 fully saturated rings. The molecule has 0 spiro atoms. The minimum atomic E-state index is -0.162. The van der Waals surface area contributed by atoms with Gasteiger partial charge in [0, 0.05) is 24.1 Å². The van der Waals surface area contributed by atoms with E-state index in [9.17, 15) is 9.59 Å². The summed E-state index contributed by atoms with van der Waals surface area (Å²) in [5.41, 5.74) is 7.48. The maximum absolute atomic E-state index is 11.9. The number of piperidine rings is 1. The van der Waals surface area contributed by atoms with Gasteiger partial charge in [-0.15, -0.1) is 0 Å². The summed E-state index contributed by atoms with van der Waals surface area (Å²) < 4.78 is 0. The third-order valence-corrected chi connectivity index (χ3v) is 4.99. The van der Waals surface area contributed by atoms with Gasteiger partial charge in [0.1, 0.15) is 0 Å². The van der Waals surface area contributed by atoms with E-state index in [4.69, 9.17) is 5.73 Å². The second-order valence-corrected chi connectivity index (χ2v) is 6.76. The first-order valence-electron chi connectivity index (χ1n) is 8.91. The van der Waals surface area contributed by atoms with Gasteiger partial charge in [-0.25, -0.2) is 0 Å². The first kappa shape index (κ1) is 18.5. The highest BCUT2D eigenvalue weighted by atomic mass is 16.2. The number of carbonyl (C=O) groups is 2. The number of nitrogens with one attached hydrogen (secondary N) is 1. The lowest BCUT2D eigenvalue weighted by Gasteiger charge is -2.30. The molecule has 1 aliphatic rings. The second-order valence-electron chi connectivity index (χ2n) is 6.76. The van der Waals surface area contributed by atoms with E-state index in [0.29, 0.717) is 0 Å². The summed E-state index contributed by atoms with van der Waals surface area (Å²) in [6.07, 6.45) is 3.56. The van der Waals surface area contributed by atoms with Crippen molar-refractivity contribution in [2.24, 2.45) is 17.6 Å². The zero-order valence-electron chi connectivity index (χ0n) is 14.8. The molecule has 1 aromatic carbocycles. The number of benzene rings is 1. The van der Waals surface area contributed by atoms with Crippen LogP contribution in [0, 0.1) is 11.8 Å². The Balaban J connectivity index is 1.76. The van der Waals surface area contributed by atoms with Gasteiger partial charge in [-0.2, -0.15) is 0 Å². The standard InChI is InChI=1S/C19H29N3O2/c1-3-14(2)19(24)21-17-6-4-15(5-7-17)8-11-22-12-9-16(10-13-22)18(20)23/h4-7,14,16H,3,8-13H2,1-2H3,(H2,20,23)(H,21,24). The molecule has 1 unspecified atom stereocenters. The van der Waals surface area contributed by atoms with Crippen LogP contribution >= 0.6 is 0 Å². The quantitative estimate of drug-likeness (QED) is 0.805. The van der Waals surface area contributed by atoms with Crippen LogP contribution in [0.15, 0.2) is 24.3 Å². The molecule has 1 heterocycles. The average Bonchev–Trinajstić information content (AvgIpc) is 2.60. The molecule has 0 radical (unpaired) electrons. The van der Waals surface area contributed by atoms with E-state index in [1.165, 1.54) is 5.56 Å². The topological polar surface area (TPSA) is 75.4 Å². The van der Waals surface area contributed by atoms with Crippen LogP contribution in [0.2, 0.25) is 0 Å². The number of amides is 2. The summed E-state index contributed by atoms with van der Waals surface area (Å²) in [6.45, 7) is 6.82. The van der Waals surface area contributed by atoms with Crippen molar-refractivity contribution in [2.75, 3.05) is 25.0 Å². The highest BCUT2D eigenvalue weighted by Gasteiger charge is 2.22. The fourth-order valence-electron chi connectivity index (χ4n) is 2.93. The van der Waals surface area contributed by atoms with Crippen LogP contribution in [0.1, 0.15) is 38.7 Å². The Kier molecular flexibility index (Phi) is 6.79. The fraction of sp³-hybridized carbons (Fsp3) is 0.579. The smallest absolute Gasteiger partial charge is 0.227 e. The molecule has 5 nitrogen and oxygen atoms in total. The third-order valence-electron chi connectivity index (χ3n) is 4.99. The van der Waals surface area contributed by atoms with E-state index in [1.54, 1.807) is 0 Å². The van der Waals surface area contributed by atoms with Crippen LogP contribution in [-0.4, -0.2) is 36.3 Å². The highest BCUT2D eigenvalue weighted by Crippen LogP contribution is 2.17. The van der Waals surface area contributed by atoms with E-state index in [2.05, 4.69) is 22.3 Å². The zero-order chi connectivity index (χ0) is 17.5. The van der Waals surface area contributed by atoms with E-state index in [-0.39, 0.29) is 23.7 Å². The van der Waals surface area contributed by atoms with E-state index in [1.807, 2.05) is 26.0 Å². The molecule has 5 heteroatoms. The number of likely N-dealkylation sites (tertiary alicyclic amines) is 1. The Morgan fingerprint density at radius 1 is 1.25 bits per heavy atom. The molecule has 0 aromatic heterocycles. The number of primary amides is 1. The largest absolute Gasteiger partial charge is 0.369 e.